The lowest BCUT2D eigenvalue weighted by molar-refractivity contribution is -0.137. The second-order valence-corrected chi connectivity index (χ2v) is 8.78. The highest BCUT2D eigenvalue weighted by Crippen LogP contribution is 2.37. The van der Waals surface area contributed by atoms with Crippen LogP contribution in [0, 0.1) is 0 Å². The van der Waals surface area contributed by atoms with Gasteiger partial charge in [-0.25, -0.2) is 8.42 Å². The summed E-state index contributed by atoms with van der Waals surface area (Å²) in [5, 5.41) is 2.05. The number of benzene rings is 2. The Kier molecular flexibility index (Phi) is 7.25. The first-order valence-electron chi connectivity index (χ1n) is 8.61. The molecule has 0 aliphatic carbocycles. The molecule has 0 spiro atoms. The number of rotatable bonds is 7. The van der Waals surface area contributed by atoms with Gasteiger partial charge >= 0.3 is 6.18 Å². The summed E-state index contributed by atoms with van der Waals surface area (Å²) >= 11 is 5.59. The van der Waals surface area contributed by atoms with Crippen LogP contribution in [-0.4, -0.2) is 34.2 Å². The quantitative estimate of drug-likeness (QED) is 0.671. The van der Waals surface area contributed by atoms with E-state index in [1.54, 1.807) is 31.2 Å². The van der Waals surface area contributed by atoms with Crippen LogP contribution in [0.5, 0.6) is 5.75 Å². The van der Waals surface area contributed by atoms with Crippen molar-refractivity contribution in [1.29, 1.82) is 0 Å². The van der Waals surface area contributed by atoms with E-state index in [1.165, 1.54) is 7.11 Å². The minimum atomic E-state index is -4.78. The molecule has 2 rings (SSSR count). The molecule has 0 bridgehead atoms. The molecule has 6 nitrogen and oxygen atoms in total. The summed E-state index contributed by atoms with van der Waals surface area (Å²) in [7, 11) is -2.59. The second kappa shape index (κ2) is 9.13. The van der Waals surface area contributed by atoms with Crippen LogP contribution in [0.2, 0.25) is 5.02 Å². The monoisotopic (exact) mass is 464 g/mol. The molecule has 0 aliphatic rings. The van der Waals surface area contributed by atoms with Crippen LogP contribution in [0.4, 0.5) is 18.9 Å². The fourth-order valence-corrected chi connectivity index (χ4v) is 3.88. The van der Waals surface area contributed by atoms with Crippen molar-refractivity contribution in [1.82, 2.24) is 5.32 Å². The van der Waals surface area contributed by atoms with Crippen molar-refractivity contribution < 1.29 is 31.1 Å². The molecule has 2 aromatic rings. The van der Waals surface area contributed by atoms with E-state index in [4.69, 9.17) is 16.3 Å². The van der Waals surface area contributed by atoms with E-state index < -0.39 is 45.3 Å². The highest BCUT2D eigenvalue weighted by Gasteiger charge is 2.34. The average Bonchev–Trinajstić information content (AvgIpc) is 2.64. The van der Waals surface area contributed by atoms with Crippen LogP contribution in [-0.2, 0) is 21.0 Å². The lowest BCUT2D eigenvalue weighted by Crippen LogP contribution is -2.41. The minimum absolute atomic E-state index is 0.325. The number of sulfonamides is 1. The molecule has 0 fully saturated rings. The highest BCUT2D eigenvalue weighted by molar-refractivity contribution is 7.92. The fourth-order valence-electron chi connectivity index (χ4n) is 2.81. The summed E-state index contributed by atoms with van der Waals surface area (Å²) in [4.78, 5) is 12.5. The number of nitrogens with zero attached hydrogens (tertiary/aromatic N) is 1. The number of halogens is 4. The van der Waals surface area contributed by atoms with Gasteiger partial charge in [0.05, 0.1) is 35.7 Å². The number of amides is 1. The standard InChI is InChI=1S/C19H20ClF3N2O4S/c1-12(14-6-4-5-7-17(14)29-2)24-18(26)11-25(30(3,27)28)13-8-9-16(20)15(10-13)19(21,22)23/h4-10,12H,11H2,1-3H3,(H,24,26). The molecule has 1 unspecified atom stereocenters. The Bertz CT molecular complexity index is 1030. The Morgan fingerprint density at radius 2 is 1.87 bits per heavy atom. The minimum Gasteiger partial charge on any atom is -0.496 e. The molecule has 1 N–H and O–H groups in total. The van der Waals surface area contributed by atoms with Crippen LogP contribution in [0.3, 0.4) is 0 Å². The van der Waals surface area contributed by atoms with Crippen molar-refractivity contribution in [2.24, 2.45) is 0 Å². The van der Waals surface area contributed by atoms with Gasteiger partial charge in [-0.1, -0.05) is 29.8 Å². The third-order valence-electron chi connectivity index (χ3n) is 4.21. The number of carbonyl (C=O) groups is 1. The van der Waals surface area contributed by atoms with Gasteiger partial charge in [0, 0.05) is 5.56 Å². The van der Waals surface area contributed by atoms with Crippen molar-refractivity contribution in [3.05, 3.63) is 58.6 Å². The molecule has 30 heavy (non-hydrogen) atoms. The predicted molar refractivity (Wildman–Crippen MR) is 108 cm³/mol. The smallest absolute Gasteiger partial charge is 0.417 e. The molecule has 164 valence electrons. The van der Waals surface area contributed by atoms with Crippen LogP contribution >= 0.6 is 11.6 Å². The Morgan fingerprint density at radius 1 is 1.23 bits per heavy atom. The average molecular weight is 465 g/mol. The maximum atomic E-state index is 13.1. The fraction of sp³-hybridized carbons (Fsp3) is 0.316. The van der Waals surface area contributed by atoms with Gasteiger partial charge in [0.25, 0.3) is 0 Å². The summed E-state index contributed by atoms with van der Waals surface area (Å²) in [6.45, 7) is 0.960. The molecule has 2 aromatic carbocycles. The molecule has 0 saturated carbocycles. The van der Waals surface area contributed by atoms with Crippen molar-refractivity contribution in [3.63, 3.8) is 0 Å². The van der Waals surface area contributed by atoms with E-state index in [1.807, 2.05) is 0 Å². The molecular weight excluding hydrogens is 445 g/mol. The van der Waals surface area contributed by atoms with Crippen molar-refractivity contribution in [2.45, 2.75) is 19.1 Å². The van der Waals surface area contributed by atoms with Crippen LogP contribution in [0.15, 0.2) is 42.5 Å². The lowest BCUT2D eigenvalue weighted by atomic mass is 10.1. The number of alkyl halides is 3. The number of methoxy groups -OCH3 is 1. The van der Waals surface area contributed by atoms with Crippen LogP contribution in [0.25, 0.3) is 0 Å². The first-order chi connectivity index (χ1) is 13.8. The Hall–Kier alpha value is -2.46. The highest BCUT2D eigenvalue weighted by atomic mass is 35.5. The number of hydrogen-bond acceptors (Lipinski definition) is 4. The van der Waals surface area contributed by atoms with E-state index in [0.29, 0.717) is 21.7 Å². The zero-order chi connectivity index (χ0) is 22.7. The lowest BCUT2D eigenvalue weighted by Gasteiger charge is -2.24. The zero-order valence-corrected chi connectivity index (χ0v) is 17.9. The Balaban J connectivity index is 2.29. The molecule has 1 amide bonds. The van der Waals surface area contributed by atoms with E-state index >= 15 is 0 Å². The second-order valence-electron chi connectivity index (χ2n) is 6.46. The molecule has 0 radical (unpaired) electrons. The third-order valence-corrected chi connectivity index (χ3v) is 5.68. The molecule has 0 heterocycles. The first kappa shape index (κ1) is 23.8. The van der Waals surface area contributed by atoms with Crippen molar-refractivity contribution in [3.8, 4) is 5.75 Å². The number of anilines is 1. The molecular formula is C19H20ClF3N2O4S. The molecule has 0 aromatic heterocycles. The molecule has 11 heteroatoms. The van der Waals surface area contributed by atoms with Gasteiger partial charge in [0.1, 0.15) is 12.3 Å². The van der Waals surface area contributed by atoms with Crippen LogP contribution < -0.4 is 14.4 Å². The molecule has 1 atom stereocenters. The van der Waals surface area contributed by atoms with E-state index in [9.17, 15) is 26.4 Å². The van der Waals surface area contributed by atoms with Crippen molar-refractivity contribution in [2.75, 3.05) is 24.2 Å². The maximum absolute atomic E-state index is 13.1. The largest absolute Gasteiger partial charge is 0.496 e. The van der Waals surface area contributed by atoms with E-state index in [0.717, 1.165) is 18.4 Å². The number of carbonyl (C=O) groups excluding carboxylic acids is 1. The van der Waals surface area contributed by atoms with Gasteiger partial charge in [0.2, 0.25) is 15.9 Å². The van der Waals surface area contributed by atoms with Crippen molar-refractivity contribution >= 4 is 33.2 Å². The maximum Gasteiger partial charge on any atom is 0.417 e. The number of hydrogen-bond donors (Lipinski definition) is 1. The summed E-state index contributed by atoms with van der Waals surface area (Å²) in [6.07, 6.45) is -3.98. The van der Waals surface area contributed by atoms with Gasteiger partial charge in [-0.2, -0.15) is 13.2 Å². The summed E-state index contributed by atoms with van der Waals surface area (Å²) in [5.41, 5.74) is -0.863. The number of para-hydroxylation sites is 1. The summed E-state index contributed by atoms with van der Waals surface area (Å²) in [6, 6.07) is 9.03. The van der Waals surface area contributed by atoms with Gasteiger partial charge in [-0.3, -0.25) is 9.10 Å². The number of nitrogens with one attached hydrogen (secondary N) is 1. The third kappa shape index (κ3) is 5.79. The Morgan fingerprint density at radius 3 is 2.43 bits per heavy atom. The van der Waals surface area contributed by atoms with Gasteiger partial charge in [-0.05, 0) is 31.2 Å². The SMILES string of the molecule is COc1ccccc1C(C)NC(=O)CN(c1ccc(Cl)c(C(F)(F)F)c1)S(C)(=O)=O. The van der Waals surface area contributed by atoms with Crippen LogP contribution in [0.1, 0.15) is 24.1 Å². The summed E-state index contributed by atoms with van der Waals surface area (Å²) < 4.78 is 69.6. The molecule has 0 aliphatic heterocycles. The topological polar surface area (TPSA) is 75.7 Å². The van der Waals surface area contributed by atoms with Gasteiger partial charge in [0.15, 0.2) is 0 Å². The first-order valence-corrected chi connectivity index (χ1v) is 10.8. The van der Waals surface area contributed by atoms with E-state index in [2.05, 4.69) is 5.32 Å². The molecule has 0 saturated heterocycles. The van der Waals surface area contributed by atoms with E-state index in [-0.39, 0.29) is 5.69 Å². The zero-order valence-electron chi connectivity index (χ0n) is 16.3. The summed E-state index contributed by atoms with van der Waals surface area (Å²) in [5.74, 6) is -0.180. The Labute approximate surface area is 177 Å². The predicted octanol–water partition coefficient (Wildman–Crippen LogP) is 4.01. The van der Waals surface area contributed by atoms with Gasteiger partial charge < -0.3 is 10.1 Å². The normalized spacial score (nSPS) is 12.9. The number of ether oxygens (including phenoxy) is 1. The van der Waals surface area contributed by atoms with Gasteiger partial charge in [-0.15, -0.1) is 0 Å².